The lowest BCUT2D eigenvalue weighted by atomic mass is 9.90. The Kier molecular flexibility index (Phi) is 13.3. The molecular weight excluding hydrogens is 482 g/mol. The van der Waals surface area contributed by atoms with Gasteiger partial charge in [0.1, 0.15) is 5.54 Å². The van der Waals surface area contributed by atoms with Crippen LogP contribution in [0.4, 0.5) is 4.79 Å². The summed E-state index contributed by atoms with van der Waals surface area (Å²) in [5.41, 5.74) is -0.210. The number of hydrogen-bond acceptors (Lipinski definition) is 3. The summed E-state index contributed by atoms with van der Waals surface area (Å²) in [6.45, 7) is 5.31. The molecular formula is C34H53N3O2. The smallest absolute Gasteiger partial charge is 0.319 e. The second kappa shape index (κ2) is 16.6. The zero-order valence-corrected chi connectivity index (χ0v) is 25.0. The standard InChI is InChI=1S/C34H53N3O2/c1-4-5-6-7-8-9-10-11-12-13-14-15-16-17-18-21-26-36(3)28-37-32(38)34(2,35-33(37)39)31-25-24-29-22-19-20-23-30(29)27-31/h19-20,22-25,27H,4-18,21,26,28H2,1-3H3,(H,35,39). The van der Waals surface area contributed by atoms with Gasteiger partial charge in [0.15, 0.2) is 0 Å². The van der Waals surface area contributed by atoms with E-state index in [9.17, 15) is 9.59 Å². The number of rotatable bonds is 20. The lowest BCUT2D eigenvalue weighted by molar-refractivity contribution is -0.132. The minimum atomic E-state index is -1.03. The first kappa shape index (κ1) is 31.1. The first-order valence-electron chi connectivity index (χ1n) is 15.8. The van der Waals surface area contributed by atoms with E-state index in [0.29, 0.717) is 6.67 Å². The molecule has 3 rings (SSSR count). The maximum atomic E-state index is 13.3. The molecule has 3 amide bonds. The van der Waals surface area contributed by atoms with Crippen LogP contribution < -0.4 is 5.32 Å². The van der Waals surface area contributed by atoms with Crippen molar-refractivity contribution in [2.24, 2.45) is 0 Å². The van der Waals surface area contributed by atoms with Gasteiger partial charge in [-0.2, -0.15) is 0 Å². The number of fused-ring (bicyclic) bond motifs is 1. The second-order valence-corrected chi connectivity index (χ2v) is 11.9. The Labute approximate surface area is 237 Å². The van der Waals surface area contributed by atoms with Crippen LogP contribution in [0.1, 0.15) is 122 Å². The van der Waals surface area contributed by atoms with Crippen molar-refractivity contribution in [3.63, 3.8) is 0 Å². The van der Waals surface area contributed by atoms with Crippen LogP contribution in [-0.2, 0) is 10.3 Å². The number of carbonyl (C=O) groups excluding carboxylic acids is 2. The van der Waals surface area contributed by atoms with Gasteiger partial charge in [0.05, 0.1) is 6.67 Å². The molecule has 1 unspecified atom stereocenters. The largest absolute Gasteiger partial charge is 0.326 e. The minimum Gasteiger partial charge on any atom is -0.319 e. The van der Waals surface area contributed by atoms with E-state index in [1.807, 2.05) is 50.4 Å². The van der Waals surface area contributed by atoms with Crippen LogP contribution in [0.5, 0.6) is 0 Å². The predicted octanol–water partition coefficient (Wildman–Crippen LogP) is 8.76. The Morgan fingerprint density at radius 2 is 1.23 bits per heavy atom. The van der Waals surface area contributed by atoms with Crippen molar-refractivity contribution < 1.29 is 9.59 Å². The third kappa shape index (κ3) is 9.63. The van der Waals surface area contributed by atoms with Gasteiger partial charge in [0.2, 0.25) is 0 Å². The molecule has 39 heavy (non-hydrogen) atoms. The van der Waals surface area contributed by atoms with Gasteiger partial charge < -0.3 is 5.32 Å². The van der Waals surface area contributed by atoms with Gasteiger partial charge in [-0.15, -0.1) is 0 Å². The number of imide groups is 1. The SMILES string of the molecule is CCCCCCCCCCCCCCCCCCN(C)CN1C(=O)NC(C)(c2ccc3ccccc3c2)C1=O. The molecule has 1 heterocycles. The van der Waals surface area contributed by atoms with Gasteiger partial charge in [-0.1, -0.05) is 140 Å². The molecule has 0 spiro atoms. The molecule has 2 aromatic rings. The van der Waals surface area contributed by atoms with Crippen LogP contribution >= 0.6 is 0 Å². The maximum Gasteiger partial charge on any atom is 0.326 e. The summed E-state index contributed by atoms with van der Waals surface area (Å²) in [5, 5.41) is 5.14. The molecule has 2 aromatic carbocycles. The van der Waals surface area contributed by atoms with Crippen molar-refractivity contribution >= 4 is 22.7 Å². The molecule has 0 bridgehead atoms. The molecule has 0 saturated carbocycles. The number of nitrogens with zero attached hydrogens (tertiary/aromatic N) is 2. The first-order chi connectivity index (χ1) is 19.0. The summed E-state index contributed by atoms with van der Waals surface area (Å²) >= 11 is 0. The zero-order valence-electron chi connectivity index (χ0n) is 25.0. The topological polar surface area (TPSA) is 52.6 Å². The zero-order chi connectivity index (χ0) is 27.9. The average molecular weight is 536 g/mol. The van der Waals surface area contributed by atoms with E-state index in [2.05, 4.69) is 23.2 Å². The molecule has 5 nitrogen and oxygen atoms in total. The maximum absolute atomic E-state index is 13.3. The molecule has 1 aliphatic heterocycles. The normalized spacial score (nSPS) is 17.5. The Morgan fingerprint density at radius 3 is 1.79 bits per heavy atom. The Bertz CT molecular complexity index is 1020. The van der Waals surface area contributed by atoms with Crippen molar-refractivity contribution in [3.05, 3.63) is 48.0 Å². The Balaban J connectivity index is 1.24. The second-order valence-electron chi connectivity index (χ2n) is 11.9. The average Bonchev–Trinajstić information content (AvgIpc) is 3.16. The van der Waals surface area contributed by atoms with Crippen molar-refractivity contribution in [2.45, 2.75) is 122 Å². The fraction of sp³-hybridized carbons (Fsp3) is 0.647. The van der Waals surface area contributed by atoms with Gasteiger partial charge in [0.25, 0.3) is 5.91 Å². The molecule has 5 heteroatoms. The van der Waals surface area contributed by atoms with E-state index in [-0.39, 0.29) is 11.9 Å². The highest BCUT2D eigenvalue weighted by Crippen LogP contribution is 2.31. The lowest BCUT2D eigenvalue weighted by Gasteiger charge is -2.25. The van der Waals surface area contributed by atoms with Gasteiger partial charge in [0, 0.05) is 0 Å². The predicted molar refractivity (Wildman–Crippen MR) is 164 cm³/mol. The number of carbonyl (C=O) groups is 2. The fourth-order valence-electron chi connectivity index (χ4n) is 5.76. The van der Waals surface area contributed by atoms with E-state index < -0.39 is 5.54 Å². The fourth-order valence-corrected chi connectivity index (χ4v) is 5.76. The van der Waals surface area contributed by atoms with Crippen LogP contribution in [-0.4, -0.2) is 42.0 Å². The molecule has 216 valence electrons. The number of nitrogens with one attached hydrogen (secondary N) is 1. The summed E-state index contributed by atoms with van der Waals surface area (Å²) in [7, 11) is 2.00. The van der Waals surface area contributed by atoms with Gasteiger partial charge in [-0.25, -0.2) is 9.69 Å². The summed E-state index contributed by atoms with van der Waals surface area (Å²) < 4.78 is 0. The molecule has 1 aliphatic rings. The van der Waals surface area contributed by atoms with E-state index >= 15 is 0 Å². The molecule has 0 aliphatic carbocycles. The minimum absolute atomic E-state index is 0.179. The highest BCUT2D eigenvalue weighted by atomic mass is 16.2. The van der Waals surface area contributed by atoms with Crippen LogP contribution in [0.2, 0.25) is 0 Å². The molecule has 1 N–H and O–H groups in total. The van der Waals surface area contributed by atoms with Gasteiger partial charge in [-0.05, 0) is 49.3 Å². The number of benzene rings is 2. The quantitative estimate of drug-likeness (QED) is 0.136. The summed E-state index contributed by atoms with van der Waals surface area (Å²) in [6.07, 6.45) is 21.7. The van der Waals surface area contributed by atoms with Crippen molar-refractivity contribution in [1.29, 1.82) is 0 Å². The molecule has 1 saturated heterocycles. The summed E-state index contributed by atoms with van der Waals surface area (Å²) in [4.78, 5) is 29.6. The monoisotopic (exact) mass is 535 g/mol. The Morgan fingerprint density at radius 1 is 0.718 bits per heavy atom. The molecule has 1 fully saturated rings. The van der Waals surface area contributed by atoms with Crippen LogP contribution in [0.3, 0.4) is 0 Å². The third-order valence-corrected chi connectivity index (χ3v) is 8.38. The van der Waals surface area contributed by atoms with Crippen LogP contribution in [0.25, 0.3) is 10.8 Å². The van der Waals surface area contributed by atoms with Crippen molar-refractivity contribution in [1.82, 2.24) is 15.1 Å². The number of hydrogen-bond donors (Lipinski definition) is 1. The van der Waals surface area contributed by atoms with Crippen LogP contribution in [0.15, 0.2) is 42.5 Å². The molecule has 0 radical (unpaired) electrons. The highest BCUT2D eigenvalue weighted by molar-refractivity contribution is 6.07. The van der Waals surface area contributed by atoms with E-state index in [0.717, 1.165) is 29.3 Å². The first-order valence-corrected chi connectivity index (χ1v) is 15.8. The van der Waals surface area contributed by atoms with E-state index in [4.69, 9.17) is 0 Å². The highest BCUT2D eigenvalue weighted by Gasteiger charge is 2.49. The van der Waals surface area contributed by atoms with Crippen molar-refractivity contribution in [2.75, 3.05) is 20.3 Å². The Hall–Kier alpha value is -2.40. The van der Waals surface area contributed by atoms with Gasteiger partial charge in [-0.3, -0.25) is 9.69 Å². The summed E-state index contributed by atoms with van der Waals surface area (Å²) in [5.74, 6) is -0.179. The van der Waals surface area contributed by atoms with E-state index in [1.54, 1.807) is 0 Å². The lowest BCUT2D eigenvalue weighted by Crippen LogP contribution is -2.43. The summed E-state index contributed by atoms with van der Waals surface area (Å²) in [6, 6.07) is 13.7. The number of unbranched alkanes of at least 4 members (excludes halogenated alkanes) is 15. The van der Waals surface area contributed by atoms with Crippen LogP contribution in [0, 0.1) is 0 Å². The molecule has 0 aromatic heterocycles. The van der Waals surface area contributed by atoms with Gasteiger partial charge >= 0.3 is 6.03 Å². The third-order valence-electron chi connectivity index (χ3n) is 8.38. The molecule has 1 atom stereocenters. The number of amides is 3. The van der Waals surface area contributed by atoms with E-state index in [1.165, 1.54) is 101 Å². The van der Waals surface area contributed by atoms with Crippen molar-refractivity contribution in [3.8, 4) is 0 Å². The number of urea groups is 1.